The Balaban J connectivity index is 1.85. The second-order valence-corrected chi connectivity index (χ2v) is 5.59. The Morgan fingerprint density at radius 2 is 1.62 bits per heavy atom. The zero-order valence-electron chi connectivity index (χ0n) is 12.4. The van der Waals surface area contributed by atoms with E-state index >= 15 is 0 Å². The van der Waals surface area contributed by atoms with Crippen molar-refractivity contribution in [2.24, 2.45) is 0 Å². The second kappa shape index (κ2) is 8.67. The van der Waals surface area contributed by atoms with E-state index in [0.717, 1.165) is 11.3 Å². The summed E-state index contributed by atoms with van der Waals surface area (Å²) in [5.41, 5.74) is 2.26. The fourth-order valence-corrected chi connectivity index (χ4v) is 2.70. The summed E-state index contributed by atoms with van der Waals surface area (Å²) in [4.78, 5) is 1.24. The predicted octanol–water partition coefficient (Wildman–Crippen LogP) is 4.78. The molecule has 0 saturated heterocycles. The van der Waals surface area contributed by atoms with E-state index in [4.69, 9.17) is 9.47 Å². The van der Waals surface area contributed by atoms with E-state index in [2.05, 4.69) is 36.4 Å². The molecular formula is C18H20O2S. The summed E-state index contributed by atoms with van der Waals surface area (Å²) in [6, 6.07) is 18.6. The number of ether oxygens (including phenoxy) is 2. The molecule has 21 heavy (non-hydrogen) atoms. The Morgan fingerprint density at radius 1 is 0.952 bits per heavy atom. The van der Waals surface area contributed by atoms with Crippen molar-refractivity contribution in [3.63, 3.8) is 0 Å². The zero-order chi connectivity index (χ0) is 14.9. The van der Waals surface area contributed by atoms with E-state index in [-0.39, 0.29) is 6.29 Å². The molecule has 0 aliphatic heterocycles. The molecule has 0 aromatic heterocycles. The average molecular weight is 300 g/mol. The molecular weight excluding hydrogens is 280 g/mol. The van der Waals surface area contributed by atoms with Crippen molar-refractivity contribution in [2.45, 2.75) is 11.2 Å². The Hall–Kier alpha value is -1.55. The lowest BCUT2D eigenvalue weighted by atomic mass is 10.2. The SMILES string of the molecule is COC(OC)c1ccc(SC/C=C/c2ccccc2)cc1. The zero-order valence-corrected chi connectivity index (χ0v) is 13.2. The van der Waals surface area contributed by atoms with Crippen LogP contribution >= 0.6 is 11.8 Å². The van der Waals surface area contributed by atoms with Gasteiger partial charge in [0.25, 0.3) is 0 Å². The first-order valence-electron chi connectivity index (χ1n) is 6.83. The monoisotopic (exact) mass is 300 g/mol. The summed E-state index contributed by atoms with van der Waals surface area (Å²) in [6.07, 6.45) is 4.04. The fourth-order valence-electron chi connectivity index (χ4n) is 1.98. The van der Waals surface area contributed by atoms with Crippen molar-refractivity contribution in [1.82, 2.24) is 0 Å². The second-order valence-electron chi connectivity index (χ2n) is 4.50. The molecule has 3 heteroatoms. The van der Waals surface area contributed by atoms with Crippen LogP contribution in [-0.2, 0) is 9.47 Å². The van der Waals surface area contributed by atoms with Gasteiger partial charge in [-0.3, -0.25) is 0 Å². The number of thioether (sulfide) groups is 1. The maximum atomic E-state index is 5.23. The largest absolute Gasteiger partial charge is 0.352 e. The molecule has 0 atom stereocenters. The third-order valence-electron chi connectivity index (χ3n) is 3.04. The van der Waals surface area contributed by atoms with Crippen LogP contribution in [0.4, 0.5) is 0 Å². The maximum Gasteiger partial charge on any atom is 0.183 e. The summed E-state index contributed by atoms with van der Waals surface area (Å²) in [5, 5.41) is 0. The molecule has 0 unspecified atom stereocenters. The molecule has 2 aromatic carbocycles. The van der Waals surface area contributed by atoms with Crippen LogP contribution < -0.4 is 0 Å². The van der Waals surface area contributed by atoms with Gasteiger partial charge in [0.15, 0.2) is 6.29 Å². The first kappa shape index (κ1) is 15.8. The molecule has 0 aliphatic rings. The molecule has 0 saturated carbocycles. The van der Waals surface area contributed by atoms with Crippen LogP contribution in [0.15, 0.2) is 65.6 Å². The normalized spacial score (nSPS) is 11.4. The smallest absolute Gasteiger partial charge is 0.183 e. The van der Waals surface area contributed by atoms with Crippen molar-refractivity contribution >= 4 is 17.8 Å². The van der Waals surface area contributed by atoms with Gasteiger partial charge in [0.05, 0.1) is 0 Å². The van der Waals surface area contributed by atoms with E-state index in [1.165, 1.54) is 10.5 Å². The van der Waals surface area contributed by atoms with E-state index in [1.807, 2.05) is 30.3 Å². The maximum absolute atomic E-state index is 5.23. The van der Waals surface area contributed by atoms with Crippen LogP contribution in [-0.4, -0.2) is 20.0 Å². The molecule has 0 heterocycles. The Bertz CT molecular complexity index is 545. The minimum atomic E-state index is -0.290. The van der Waals surface area contributed by atoms with Crippen molar-refractivity contribution in [3.8, 4) is 0 Å². The highest BCUT2D eigenvalue weighted by Gasteiger charge is 2.07. The lowest BCUT2D eigenvalue weighted by Gasteiger charge is -2.13. The highest BCUT2D eigenvalue weighted by molar-refractivity contribution is 7.99. The molecule has 0 aliphatic carbocycles. The van der Waals surface area contributed by atoms with Crippen molar-refractivity contribution in [3.05, 3.63) is 71.8 Å². The summed E-state index contributed by atoms with van der Waals surface area (Å²) in [7, 11) is 3.29. The van der Waals surface area contributed by atoms with Gasteiger partial charge >= 0.3 is 0 Å². The summed E-state index contributed by atoms with van der Waals surface area (Å²) in [5.74, 6) is 0.951. The van der Waals surface area contributed by atoms with E-state index in [9.17, 15) is 0 Å². The minimum absolute atomic E-state index is 0.290. The van der Waals surface area contributed by atoms with Crippen molar-refractivity contribution in [1.29, 1.82) is 0 Å². The van der Waals surface area contributed by atoms with Gasteiger partial charge in [-0.25, -0.2) is 0 Å². The molecule has 0 fully saturated rings. The van der Waals surface area contributed by atoms with E-state index < -0.39 is 0 Å². The lowest BCUT2D eigenvalue weighted by Crippen LogP contribution is -2.02. The molecule has 0 spiro atoms. The molecule has 0 N–H and O–H groups in total. The molecule has 0 amide bonds. The standard InChI is InChI=1S/C18H20O2S/c1-19-18(20-2)16-10-12-17(13-11-16)21-14-6-9-15-7-4-3-5-8-15/h3-13,18H,14H2,1-2H3/b9-6+. The Kier molecular flexibility index (Phi) is 6.54. The van der Waals surface area contributed by atoms with Gasteiger partial charge in [-0.15, -0.1) is 11.8 Å². The first-order valence-corrected chi connectivity index (χ1v) is 7.82. The molecule has 0 bridgehead atoms. The van der Waals surface area contributed by atoms with Crippen molar-refractivity contribution < 1.29 is 9.47 Å². The summed E-state index contributed by atoms with van der Waals surface area (Å²) >= 11 is 1.81. The quantitative estimate of drug-likeness (QED) is 0.541. The number of rotatable bonds is 7. The highest BCUT2D eigenvalue weighted by atomic mass is 32.2. The molecule has 2 nitrogen and oxygen atoms in total. The first-order chi connectivity index (χ1) is 10.3. The van der Waals surface area contributed by atoms with Crippen LogP contribution in [0, 0.1) is 0 Å². The van der Waals surface area contributed by atoms with Gasteiger partial charge in [0.2, 0.25) is 0 Å². The van der Waals surface area contributed by atoms with Crippen LogP contribution in [0.3, 0.4) is 0 Å². The Morgan fingerprint density at radius 3 is 2.24 bits per heavy atom. The minimum Gasteiger partial charge on any atom is -0.352 e. The average Bonchev–Trinajstić information content (AvgIpc) is 2.55. The third kappa shape index (κ3) is 5.05. The van der Waals surface area contributed by atoms with Gasteiger partial charge in [-0.1, -0.05) is 54.6 Å². The molecule has 2 rings (SSSR count). The number of hydrogen-bond acceptors (Lipinski definition) is 3. The van der Waals surface area contributed by atoms with Gasteiger partial charge in [0.1, 0.15) is 0 Å². The van der Waals surface area contributed by atoms with Crippen LogP contribution in [0.25, 0.3) is 6.08 Å². The summed E-state index contributed by atoms with van der Waals surface area (Å²) < 4.78 is 10.5. The highest BCUT2D eigenvalue weighted by Crippen LogP contribution is 2.23. The van der Waals surface area contributed by atoms with Crippen LogP contribution in [0.2, 0.25) is 0 Å². The molecule has 0 radical (unpaired) electrons. The Labute approximate surface area is 130 Å². The van der Waals surface area contributed by atoms with Gasteiger partial charge in [0, 0.05) is 30.4 Å². The number of methoxy groups -OCH3 is 2. The lowest BCUT2D eigenvalue weighted by molar-refractivity contribution is -0.106. The fraction of sp³-hybridized carbons (Fsp3) is 0.222. The number of hydrogen-bond donors (Lipinski definition) is 0. The third-order valence-corrected chi connectivity index (χ3v) is 4.00. The van der Waals surface area contributed by atoms with Gasteiger partial charge in [-0.2, -0.15) is 0 Å². The molecule has 110 valence electrons. The topological polar surface area (TPSA) is 18.5 Å². The van der Waals surface area contributed by atoms with E-state index in [1.54, 1.807) is 26.0 Å². The van der Waals surface area contributed by atoms with Gasteiger partial charge < -0.3 is 9.47 Å². The molecule has 2 aromatic rings. The predicted molar refractivity (Wildman–Crippen MR) is 89.4 cm³/mol. The van der Waals surface area contributed by atoms with E-state index in [0.29, 0.717) is 0 Å². The van der Waals surface area contributed by atoms with Crippen LogP contribution in [0.1, 0.15) is 17.4 Å². The number of benzene rings is 2. The summed E-state index contributed by atoms with van der Waals surface area (Å²) in [6.45, 7) is 0. The van der Waals surface area contributed by atoms with Crippen molar-refractivity contribution in [2.75, 3.05) is 20.0 Å². The van der Waals surface area contributed by atoms with Crippen LogP contribution in [0.5, 0.6) is 0 Å². The van der Waals surface area contributed by atoms with Gasteiger partial charge in [-0.05, 0) is 17.7 Å².